The molecule has 0 saturated heterocycles. The van der Waals surface area contributed by atoms with Crippen LogP contribution in [0.25, 0.3) is 0 Å². The number of rotatable bonds is 5. The molecule has 0 aliphatic carbocycles. The summed E-state index contributed by atoms with van der Waals surface area (Å²) in [5.41, 5.74) is 8.38. The molecule has 2 aromatic carbocycles. The van der Waals surface area contributed by atoms with Gasteiger partial charge >= 0.3 is 0 Å². The number of hydrogen-bond donors (Lipinski definition) is 1. The minimum Gasteiger partial charge on any atom is -0.350 e. The van der Waals surface area contributed by atoms with Gasteiger partial charge in [0.1, 0.15) is 0 Å². The van der Waals surface area contributed by atoms with Gasteiger partial charge in [-0.1, -0.05) is 29.8 Å². The first-order chi connectivity index (χ1) is 11.3. The molecule has 0 bridgehead atoms. The molecule has 0 atom stereocenters. The first kappa shape index (κ1) is 18.3. The van der Waals surface area contributed by atoms with Crippen molar-refractivity contribution in [2.45, 2.75) is 60.4 Å². The summed E-state index contributed by atoms with van der Waals surface area (Å²) in [6, 6.07) is 10.9. The van der Waals surface area contributed by atoms with E-state index in [1.165, 1.54) is 27.8 Å². The molecule has 0 heterocycles. The highest BCUT2D eigenvalue weighted by Gasteiger charge is 2.16. The van der Waals surface area contributed by atoms with Gasteiger partial charge in [0.25, 0.3) is 5.91 Å². The highest BCUT2D eigenvalue weighted by molar-refractivity contribution is 5.96. The Kier molecular flexibility index (Phi) is 5.82. The van der Waals surface area contributed by atoms with Crippen LogP contribution >= 0.6 is 0 Å². The zero-order chi connectivity index (χ0) is 17.9. The molecule has 128 valence electrons. The molecule has 2 heteroatoms. The van der Waals surface area contributed by atoms with Crippen molar-refractivity contribution < 1.29 is 4.79 Å². The molecule has 1 amide bonds. The fraction of sp³-hybridized carbons (Fsp3) is 0.409. The van der Waals surface area contributed by atoms with Crippen LogP contribution in [-0.4, -0.2) is 11.9 Å². The van der Waals surface area contributed by atoms with Gasteiger partial charge in [-0.15, -0.1) is 0 Å². The minimum absolute atomic E-state index is 0.0267. The smallest absolute Gasteiger partial charge is 0.251 e. The highest BCUT2D eigenvalue weighted by Crippen LogP contribution is 2.24. The van der Waals surface area contributed by atoms with Gasteiger partial charge in [0.15, 0.2) is 0 Å². The molecule has 1 N–H and O–H groups in total. The van der Waals surface area contributed by atoms with E-state index in [-0.39, 0.29) is 11.9 Å². The van der Waals surface area contributed by atoms with Crippen molar-refractivity contribution >= 4 is 5.91 Å². The van der Waals surface area contributed by atoms with Gasteiger partial charge < -0.3 is 5.32 Å². The third kappa shape index (κ3) is 4.25. The fourth-order valence-electron chi connectivity index (χ4n) is 3.12. The van der Waals surface area contributed by atoms with E-state index >= 15 is 0 Å². The predicted octanol–water partition coefficient (Wildman–Crippen LogP) is 4.84. The van der Waals surface area contributed by atoms with E-state index in [1.54, 1.807) is 0 Å². The number of hydrogen-bond acceptors (Lipinski definition) is 1. The average molecular weight is 323 g/mol. The van der Waals surface area contributed by atoms with Crippen molar-refractivity contribution in [3.63, 3.8) is 0 Å². The Morgan fingerprint density at radius 2 is 1.58 bits per heavy atom. The molecule has 0 aliphatic rings. The lowest BCUT2D eigenvalue weighted by Gasteiger charge is -2.18. The van der Waals surface area contributed by atoms with Crippen molar-refractivity contribution in [3.8, 4) is 0 Å². The molecular formula is C22H29NO. The van der Waals surface area contributed by atoms with E-state index < -0.39 is 0 Å². The lowest BCUT2D eigenvalue weighted by molar-refractivity contribution is 0.0942. The first-order valence-electron chi connectivity index (χ1n) is 8.75. The molecule has 0 aliphatic heterocycles. The van der Waals surface area contributed by atoms with Crippen LogP contribution in [0.15, 0.2) is 30.3 Å². The van der Waals surface area contributed by atoms with Crippen molar-refractivity contribution in [3.05, 3.63) is 69.3 Å². The Morgan fingerprint density at radius 1 is 0.958 bits per heavy atom. The van der Waals surface area contributed by atoms with Crippen LogP contribution in [0.2, 0.25) is 0 Å². The molecular weight excluding hydrogens is 294 g/mol. The van der Waals surface area contributed by atoms with Crippen molar-refractivity contribution in [2.75, 3.05) is 0 Å². The zero-order valence-electron chi connectivity index (χ0n) is 15.8. The second kappa shape index (κ2) is 7.65. The first-order valence-corrected chi connectivity index (χ1v) is 8.75. The van der Waals surface area contributed by atoms with Gasteiger partial charge in [0.05, 0.1) is 0 Å². The molecule has 0 spiro atoms. The molecule has 2 rings (SSSR count). The van der Waals surface area contributed by atoms with Gasteiger partial charge in [-0.3, -0.25) is 4.79 Å². The summed E-state index contributed by atoms with van der Waals surface area (Å²) >= 11 is 0. The maximum Gasteiger partial charge on any atom is 0.251 e. The second-order valence-corrected chi connectivity index (χ2v) is 7.08. The molecule has 0 aromatic heterocycles. The lowest BCUT2D eigenvalue weighted by atomic mass is 9.90. The van der Waals surface area contributed by atoms with Crippen LogP contribution in [0, 0.1) is 27.7 Å². The van der Waals surface area contributed by atoms with E-state index in [9.17, 15) is 4.79 Å². The van der Waals surface area contributed by atoms with Crippen LogP contribution < -0.4 is 5.32 Å². The topological polar surface area (TPSA) is 29.1 Å². The van der Waals surface area contributed by atoms with Crippen LogP contribution in [0.1, 0.15) is 57.6 Å². The molecule has 0 unspecified atom stereocenters. The number of carbonyl (C=O) groups is 1. The van der Waals surface area contributed by atoms with Crippen molar-refractivity contribution in [1.82, 2.24) is 5.32 Å². The standard InChI is InChI=1S/C22H29NO/c1-14(2)23-22(24)21-13-16(4)20(17(5)18(21)6)12-11-19-9-7-15(3)8-10-19/h7-10,13-14H,11-12H2,1-6H3,(H,23,24). The van der Waals surface area contributed by atoms with Gasteiger partial charge in [-0.25, -0.2) is 0 Å². The van der Waals surface area contributed by atoms with E-state index in [0.717, 1.165) is 24.0 Å². The van der Waals surface area contributed by atoms with Crippen LogP contribution in [-0.2, 0) is 12.8 Å². The highest BCUT2D eigenvalue weighted by atomic mass is 16.1. The summed E-state index contributed by atoms with van der Waals surface area (Å²) in [6.45, 7) is 12.4. The van der Waals surface area contributed by atoms with E-state index in [4.69, 9.17) is 0 Å². The van der Waals surface area contributed by atoms with Crippen LogP contribution in [0.3, 0.4) is 0 Å². The van der Waals surface area contributed by atoms with Crippen molar-refractivity contribution in [1.29, 1.82) is 0 Å². The third-order valence-corrected chi connectivity index (χ3v) is 4.70. The number of aryl methyl sites for hydroxylation is 3. The van der Waals surface area contributed by atoms with Crippen LogP contribution in [0.4, 0.5) is 0 Å². The molecule has 24 heavy (non-hydrogen) atoms. The predicted molar refractivity (Wildman–Crippen MR) is 102 cm³/mol. The summed E-state index contributed by atoms with van der Waals surface area (Å²) in [5, 5.41) is 3.00. The lowest BCUT2D eigenvalue weighted by Crippen LogP contribution is -2.31. The largest absolute Gasteiger partial charge is 0.350 e. The summed E-state index contributed by atoms with van der Waals surface area (Å²) in [4.78, 5) is 12.4. The molecule has 0 saturated carbocycles. The third-order valence-electron chi connectivity index (χ3n) is 4.70. The number of nitrogens with one attached hydrogen (secondary N) is 1. The van der Waals surface area contributed by atoms with E-state index in [1.807, 2.05) is 19.9 Å². The van der Waals surface area contributed by atoms with E-state index in [2.05, 4.69) is 57.3 Å². The Hall–Kier alpha value is -2.09. The maximum atomic E-state index is 12.4. The average Bonchev–Trinajstić information content (AvgIpc) is 2.51. The summed E-state index contributed by atoms with van der Waals surface area (Å²) in [7, 11) is 0. The minimum atomic E-state index is 0.0267. The summed E-state index contributed by atoms with van der Waals surface area (Å²) in [5.74, 6) is 0.0267. The SMILES string of the molecule is Cc1ccc(CCc2c(C)cc(C(=O)NC(C)C)c(C)c2C)cc1. The zero-order valence-corrected chi connectivity index (χ0v) is 15.8. The fourth-order valence-corrected chi connectivity index (χ4v) is 3.12. The monoisotopic (exact) mass is 323 g/mol. The Morgan fingerprint density at radius 3 is 2.17 bits per heavy atom. The molecule has 0 fully saturated rings. The van der Waals surface area contributed by atoms with Gasteiger partial charge in [-0.05, 0) is 88.3 Å². The quantitative estimate of drug-likeness (QED) is 0.838. The number of carbonyl (C=O) groups excluding carboxylic acids is 1. The summed E-state index contributed by atoms with van der Waals surface area (Å²) < 4.78 is 0. The Bertz CT molecular complexity index is 727. The Balaban J connectivity index is 2.23. The maximum absolute atomic E-state index is 12.4. The van der Waals surface area contributed by atoms with Gasteiger partial charge in [0, 0.05) is 11.6 Å². The van der Waals surface area contributed by atoms with E-state index in [0.29, 0.717) is 0 Å². The van der Waals surface area contributed by atoms with Gasteiger partial charge in [0.2, 0.25) is 0 Å². The van der Waals surface area contributed by atoms with Gasteiger partial charge in [-0.2, -0.15) is 0 Å². The number of amides is 1. The molecule has 2 nitrogen and oxygen atoms in total. The number of benzene rings is 2. The molecule has 2 aromatic rings. The summed E-state index contributed by atoms with van der Waals surface area (Å²) in [6.07, 6.45) is 2.03. The normalized spacial score (nSPS) is 11.0. The second-order valence-electron chi connectivity index (χ2n) is 7.08. The molecule has 0 radical (unpaired) electrons. The van der Waals surface area contributed by atoms with Crippen LogP contribution in [0.5, 0.6) is 0 Å². The Labute approximate surface area is 146 Å². The van der Waals surface area contributed by atoms with Crippen molar-refractivity contribution in [2.24, 2.45) is 0 Å².